The lowest BCUT2D eigenvalue weighted by molar-refractivity contribution is -0.385. The highest BCUT2D eigenvalue weighted by Gasteiger charge is 2.30. The van der Waals surface area contributed by atoms with Crippen molar-refractivity contribution in [1.29, 1.82) is 0 Å². The molecule has 0 aliphatic heterocycles. The molecule has 0 radical (unpaired) electrons. The number of nitrogens with zero attached hydrogens (tertiary/aromatic N) is 1. The maximum atomic E-state index is 12.9. The summed E-state index contributed by atoms with van der Waals surface area (Å²) < 4.78 is 43.8. The summed E-state index contributed by atoms with van der Waals surface area (Å²) in [7, 11) is 0. The van der Waals surface area contributed by atoms with E-state index in [-0.39, 0.29) is 28.4 Å². The summed E-state index contributed by atoms with van der Waals surface area (Å²) in [6.07, 6.45) is -4.55. The van der Waals surface area contributed by atoms with Crippen molar-refractivity contribution in [3.63, 3.8) is 0 Å². The summed E-state index contributed by atoms with van der Waals surface area (Å²) in [4.78, 5) is 35.2. The van der Waals surface area contributed by atoms with Gasteiger partial charge in [-0.15, -0.1) is 0 Å². The molecule has 8 nitrogen and oxygen atoms in total. The molecule has 2 amide bonds. The number of nitro benzene ring substituents is 1. The van der Waals surface area contributed by atoms with Crippen molar-refractivity contribution >= 4 is 28.9 Å². The Morgan fingerprint density at radius 2 is 1.65 bits per heavy atom. The lowest BCUT2D eigenvalue weighted by Gasteiger charge is -2.11. The van der Waals surface area contributed by atoms with Crippen LogP contribution >= 0.6 is 0 Å². The molecule has 0 heterocycles. The van der Waals surface area contributed by atoms with Crippen molar-refractivity contribution in [3.05, 3.63) is 93.5 Å². The molecule has 3 aromatic rings. The number of alkyl halides is 3. The fourth-order valence-electron chi connectivity index (χ4n) is 2.95. The van der Waals surface area contributed by atoms with Gasteiger partial charge in [-0.3, -0.25) is 19.7 Å². The van der Waals surface area contributed by atoms with Crippen molar-refractivity contribution in [3.8, 4) is 5.75 Å². The number of carbonyl (C=O) groups excluding carboxylic acids is 2. The summed E-state index contributed by atoms with van der Waals surface area (Å²) in [5.74, 6) is -1.38. The molecule has 3 aromatic carbocycles. The van der Waals surface area contributed by atoms with E-state index >= 15 is 0 Å². The number of nitro groups is 1. The number of halogens is 3. The molecule has 0 aromatic heterocycles. The highest BCUT2D eigenvalue weighted by molar-refractivity contribution is 6.05. The quantitative estimate of drug-likeness (QED) is 0.362. The molecule has 0 unspecified atom stereocenters. The molecule has 0 saturated heterocycles. The minimum atomic E-state index is -4.55. The van der Waals surface area contributed by atoms with Gasteiger partial charge in [-0.25, -0.2) is 0 Å². The second kappa shape index (κ2) is 10.0. The number of ether oxygens (including phenoxy) is 1. The zero-order valence-corrected chi connectivity index (χ0v) is 17.7. The van der Waals surface area contributed by atoms with E-state index in [2.05, 4.69) is 10.6 Å². The van der Waals surface area contributed by atoms with Crippen LogP contribution in [-0.2, 0) is 11.0 Å². The van der Waals surface area contributed by atoms with Gasteiger partial charge in [0.2, 0.25) is 0 Å². The number of hydrogen-bond acceptors (Lipinski definition) is 5. The van der Waals surface area contributed by atoms with Crippen LogP contribution in [0.5, 0.6) is 5.75 Å². The molecule has 2 N–H and O–H groups in total. The normalized spacial score (nSPS) is 10.9. The zero-order valence-electron chi connectivity index (χ0n) is 17.7. The number of anilines is 2. The van der Waals surface area contributed by atoms with Crippen LogP contribution in [0.25, 0.3) is 0 Å². The molecule has 0 spiro atoms. The largest absolute Gasteiger partial charge is 0.477 e. The van der Waals surface area contributed by atoms with E-state index < -0.39 is 35.1 Å². The van der Waals surface area contributed by atoms with E-state index in [4.69, 9.17) is 4.74 Å². The van der Waals surface area contributed by atoms with E-state index in [9.17, 15) is 32.9 Å². The van der Waals surface area contributed by atoms with E-state index in [0.29, 0.717) is 5.56 Å². The Bertz CT molecular complexity index is 1240. The first-order valence-electron chi connectivity index (χ1n) is 9.79. The molecule has 34 heavy (non-hydrogen) atoms. The standard InChI is InChI=1S/C23H18F3N3O5/c1-14-8-9-20(19(10-14)29(32)33)34-13-21(30)27-17-6-2-4-15(11-17)22(31)28-18-7-3-5-16(12-18)23(24,25)26/h2-12H,13H2,1H3,(H,27,30)(H,28,31). The maximum Gasteiger partial charge on any atom is 0.416 e. The van der Waals surface area contributed by atoms with Crippen LogP contribution in [0.15, 0.2) is 66.7 Å². The highest BCUT2D eigenvalue weighted by Crippen LogP contribution is 2.31. The molecular formula is C23H18F3N3O5. The Kier molecular flexibility index (Phi) is 7.15. The number of aryl methyl sites for hydroxylation is 1. The first-order valence-corrected chi connectivity index (χ1v) is 9.79. The second-order valence-electron chi connectivity index (χ2n) is 7.18. The van der Waals surface area contributed by atoms with Gasteiger partial charge in [0.05, 0.1) is 10.5 Å². The summed E-state index contributed by atoms with van der Waals surface area (Å²) in [5, 5.41) is 16.0. The average molecular weight is 473 g/mol. The van der Waals surface area contributed by atoms with Crippen molar-refractivity contribution in [2.24, 2.45) is 0 Å². The van der Waals surface area contributed by atoms with Gasteiger partial charge in [0.25, 0.3) is 11.8 Å². The molecule has 0 atom stereocenters. The molecule has 0 aliphatic carbocycles. The summed E-state index contributed by atoms with van der Waals surface area (Å²) in [5.41, 5.74) is -0.249. The zero-order chi connectivity index (χ0) is 24.9. The maximum absolute atomic E-state index is 12.9. The monoisotopic (exact) mass is 473 g/mol. The fraction of sp³-hybridized carbons (Fsp3) is 0.130. The summed E-state index contributed by atoms with van der Waals surface area (Å²) in [6, 6.07) is 14.2. The Labute approximate surface area is 191 Å². The minimum absolute atomic E-state index is 0.0395. The van der Waals surface area contributed by atoms with Crippen LogP contribution in [-0.4, -0.2) is 23.3 Å². The van der Waals surface area contributed by atoms with Crippen LogP contribution in [0, 0.1) is 17.0 Å². The van der Waals surface area contributed by atoms with Crippen LogP contribution in [0.4, 0.5) is 30.2 Å². The predicted molar refractivity (Wildman–Crippen MR) is 118 cm³/mol. The molecule has 3 rings (SSSR count). The van der Waals surface area contributed by atoms with Crippen LogP contribution in [0.2, 0.25) is 0 Å². The van der Waals surface area contributed by atoms with Crippen molar-refractivity contribution in [1.82, 2.24) is 0 Å². The fourth-order valence-corrected chi connectivity index (χ4v) is 2.95. The lowest BCUT2D eigenvalue weighted by Crippen LogP contribution is -2.21. The third-order valence-corrected chi connectivity index (χ3v) is 4.53. The van der Waals surface area contributed by atoms with Gasteiger partial charge in [-0.05, 0) is 55.0 Å². The Morgan fingerprint density at radius 1 is 0.971 bits per heavy atom. The molecule has 0 saturated carbocycles. The number of carbonyl (C=O) groups is 2. The molecule has 0 fully saturated rings. The van der Waals surface area contributed by atoms with Gasteiger partial charge < -0.3 is 15.4 Å². The van der Waals surface area contributed by atoms with Gasteiger partial charge in [-0.1, -0.05) is 18.2 Å². The Morgan fingerprint density at radius 3 is 2.32 bits per heavy atom. The number of hydrogen-bond donors (Lipinski definition) is 2. The minimum Gasteiger partial charge on any atom is -0.477 e. The van der Waals surface area contributed by atoms with Gasteiger partial charge in [0, 0.05) is 23.0 Å². The van der Waals surface area contributed by atoms with E-state index in [0.717, 1.165) is 12.1 Å². The van der Waals surface area contributed by atoms with Crippen molar-refractivity contribution < 1.29 is 32.4 Å². The first kappa shape index (κ1) is 24.2. The van der Waals surface area contributed by atoms with E-state index in [1.54, 1.807) is 13.0 Å². The van der Waals surface area contributed by atoms with Gasteiger partial charge in [0.15, 0.2) is 12.4 Å². The summed E-state index contributed by atoms with van der Waals surface area (Å²) >= 11 is 0. The molecule has 0 bridgehead atoms. The lowest BCUT2D eigenvalue weighted by atomic mass is 10.1. The van der Waals surface area contributed by atoms with E-state index in [1.165, 1.54) is 48.5 Å². The highest BCUT2D eigenvalue weighted by atomic mass is 19.4. The smallest absolute Gasteiger partial charge is 0.416 e. The van der Waals surface area contributed by atoms with Gasteiger partial charge in [0.1, 0.15) is 0 Å². The third-order valence-electron chi connectivity index (χ3n) is 4.53. The average Bonchev–Trinajstić information content (AvgIpc) is 2.78. The number of rotatable bonds is 7. The predicted octanol–water partition coefficient (Wildman–Crippen LogP) is 5.19. The number of amides is 2. The second-order valence-corrected chi connectivity index (χ2v) is 7.18. The molecule has 0 aliphatic rings. The Hall–Kier alpha value is -4.41. The van der Waals surface area contributed by atoms with Crippen LogP contribution < -0.4 is 15.4 Å². The number of nitrogens with one attached hydrogen (secondary N) is 2. The SMILES string of the molecule is Cc1ccc(OCC(=O)Nc2cccc(C(=O)Nc3cccc(C(F)(F)F)c3)c2)c([N+](=O)[O-])c1. The van der Waals surface area contributed by atoms with Gasteiger partial charge >= 0.3 is 11.9 Å². The third kappa shape index (κ3) is 6.31. The molecule has 11 heteroatoms. The van der Waals surface area contributed by atoms with Gasteiger partial charge in [-0.2, -0.15) is 13.2 Å². The summed E-state index contributed by atoms with van der Waals surface area (Å²) in [6.45, 7) is 1.16. The topological polar surface area (TPSA) is 111 Å². The van der Waals surface area contributed by atoms with Crippen molar-refractivity contribution in [2.45, 2.75) is 13.1 Å². The Balaban J connectivity index is 1.64. The van der Waals surface area contributed by atoms with E-state index in [1.807, 2.05) is 0 Å². The van der Waals surface area contributed by atoms with Crippen LogP contribution in [0.3, 0.4) is 0 Å². The first-order chi connectivity index (χ1) is 16.0. The molecule has 176 valence electrons. The van der Waals surface area contributed by atoms with Crippen LogP contribution in [0.1, 0.15) is 21.5 Å². The number of benzene rings is 3. The van der Waals surface area contributed by atoms with Crippen molar-refractivity contribution in [2.75, 3.05) is 17.2 Å². The molecular weight excluding hydrogens is 455 g/mol.